The fourth-order valence-electron chi connectivity index (χ4n) is 1.67. The molecule has 0 aliphatic rings. The van der Waals surface area contributed by atoms with Crippen molar-refractivity contribution in [1.82, 2.24) is 15.0 Å². The van der Waals surface area contributed by atoms with Crippen LogP contribution in [0.15, 0.2) is 30.3 Å². The Hall–Kier alpha value is -2.68. The number of benzene rings is 1. The van der Waals surface area contributed by atoms with Crippen LogP contribution in [0.3, 0.4) is 0 Å². The second-order valence-electron chi connectivity index (χ2n) is 3.77. The number of nitriles is 1. The Kier molecular flexibility index (Phi) is 4.24. The van der Waals surface area contributed by atoms with Gasteiger partial charge in [0.25, 0.3) is 0 Å². The number of para-hydroxylation sites is 1. The zero-order valence-electron chi connectivity index (χ0n) is 10.2. The topological polar surface area (TPSA) is 80.8 Å². The van der Waals surface area contributed by atoms with Crippen LogP contribution in [-0.4, -0.2) is 27.9 Å². The second-order valence-corrected chi connectivity index (χ2v) is 3.77. The van der Waals surface area contributed by atoms with Crippen LogP contribution < -0.4 is 4.74 Å². The average Bonchev–Trinajstić information content (AvgIpc) is 2.83. The van der Waals surface area contributed by atoms with Gasteiger partial charge in [0.2, 0.25) is 0 Å². The molecule has 0 saturated carbocycles. The minimum absolute atomic E-state index is 0.0709. The molecule has 0 unspecified atom stereocenters. The molecule has 6 nitrogen and oxygen atoms in total. The maximum Gasteiger partial charge on any atom is 0.172 e. The number of ether oxygens (including phenoxy) is 1. The van der Waals surface area contributed by atoms with E-state index in [9.17, 15) is 4.79 Å². The number of nitrogens with zero attached hydrogens (tertiary/aromatic N) is 4. The van der Waals surface area contributed by atoms with Gasteiger partial charge in [0, 0.05) is 6.42 Å². The minimum Gasteiger partial charge on any atom is -0.493 e. The van der Waals surface area contributed by atoms with E-state index in [1.807, 2.05) is 36.4 Å². The summed E-state index contributed by atoms with van der Waals surface area (Å²) in [4.78, 5) is 10.8. The SMILES string of the molecule is N#CCn1nnc(C=O)c1CCOc1ccccc1. The van der Waals surface area contributed by atoms with E-state index in [0.29, 0.717) is 25.0 Å². The number of rotatable bonds is 6. The molecule has 0 aliphatic heterocycles. The monoisotopic (exact) mass is 256 g/mol. The Balaban J connectivity index is 2.01. The fourth-order valence-corrected chi connectivity index (χ4v) is 1.67. The van der Waals surface area contributed by atoms with Crippen molar-refractivity contribution < 1.29 is 9.53 Å². The summed E-state index contributed by atoms with van der Waals surface area (Å²) in [5.41, 5.74) is 0.874. The fraction of sp³-hybridized carbons (Fsp3) is 0.231. The molecule has 1 aromatic heterocycles. The van der Waals surface area contributed by atoms with Crippen LogP contribution in [0, 0.1) is 11.3 Å². The van der Waals surface area contributed by atoms with E-state index in [1.54, 1.807) is 0 Å². The molecule has 2 rings (SSSR count). The van der Waals surface area contributed by atoms with Crippen LogP contribution in [0.1, 0.15) is 16.2 Å². The first-order valence-corrected chi connectivity index (χ1v) is 5.77. The number of carbonyl (C=O) groups is 1. The van der Waals surface area contributed by atoms with Gasteiger partial charge in [-0.2, -0.15) is 5.26 Å². The number of hydrogen-bond acceptors (Lipinski definition) is 5. The Morgan fingerprint density at radius 1 is 1.37 bits per heavy atom. The first kappa shape index (κ1) is 12.8. The normalized spacial score (nSPS) is 9.84. The summed E-state index contributed by atoms with van der Waals surface area (Å²) >= 11 is 0. The van der Waals surface area contributed by atoms with Crippen molar-refractivity contribution in [2.24, 2.45) is 0 Å². The number of hydrogen-bond donors (Lipinski definition) is 0. The first-order valence-electron chi connectivity index (χ1n) is 5.77. The van der Waals surface area contributed by atoms with Gasteiger partial charge in [-0.15, -0.1) is 5.10 Å². The molecule has 19 heavy (non-hydrogen) atoms. The van der Waals surface area contributed by atoms with Crippen molar-refractivity contribution in [2.45, 2.75) is 13.0 Å². The lowest BCUT2D eigenvalue weighted by Crippen LogP contribution is -2.10. The highest BCUT2D eigenvalue weighted by atomic mass is 16.5. The minimum atomic E-state index is 0.0709. The molecule has 0 N–H and O–H groups in total. The zero-order valence-corrected chi connectivity index (χ0v) is 10.2. The summed E-state index contributed by atoms with van der Waals surface area (Å²) in [6.07, 6.45) is 1.11. The molecule has 0 bridgehead atoms. The van der Waals surface area contributed by atoms with Gasteiger partial charge in [-0.3, -0.25) is 4.79 Å². The van der Waals surface area contributed by atoms with Gasteiger partial charge in [-0.05, 0) is 12.1 Å². The molecule has 0 saturated heterocycles. The highest BCUT2D eigenvalue weighted by molar-refractivity contribution is 5.73. The van der Waals surface area contributed by atoms with Crippen molar-refractivity contribution in [3.63, 3.8) is 0 Å². The third-order valence-corrected chi connectivity index (χ3v) is 2.55. The summed E-state index contributed by atoms with van der Waals surface area (Å²) < 4.78 is 6.96. The predicted molar refractivity (Wildman–Crippen MR) is 66.7 cm³/mol. The molecule has 0 fully saturated rings. The summed E-state index contributed by atoms with van der Waals surface area (Å²) in [5, 5.41) is 16.1. The molecule has 1 aromatic carbocycles. The zero-order chi connectivity index (χ0) is 13.5. The maximum absolute atomic E-state index is 10.8. The van der Waals surface area contributed by atoms with E-state index in [0.717, 1.165) is 5.75 Å². The van der Waals surface area contributed by atoms with E-state index < -0.39 is 0 Å². The summed E-state index contributed by atoms with van der Waals surface area (Å²) in [7, 11) is 0. The third kappa shape index (κ3) is 3.16. The van der Waals surface area contributed by atoms with E-state index in [4.69, 9.17) is 10.00 Å². The van der Waals surface area contributed by atoms with Gasteiger partial charge in [0.1, 0.15) is 18.0 Å². The molecular formula is C13H12N4O2. The molecule has 0 spiro atoms. The van der Waals surface area contributed by atoms with E-state index in [2.05, 4.69) is 10.3 Å². The number of carbonyl (C=O) groups excluding carboxylic acids is 1. The highest BCUT2D eigenvalue weighted by Crippen LogP contribution is 2.10. The van der Waals surface area contributed by atoms with Gasteiger partial charge >= 0.3 is 0 Å². The lowest BCUT2D eigenvalue weighted by atomic mass is 10.2. The van der Waals surface area contributed by atoms with Crippen LogP contribution >= 0.6 is 0 Å². The van der Waals surface area contributed by atoms with Crippen LogP contribution in [0.2, 0.25) is 0 Å². The molecular weight excluding hydrogens is 244 g/mol. The lowest BCUT2D eigenvalue weighted by Gasteiger charge is -2.06. The highest BCUT2D eigenvalue weighted by Gasteiger charge is 2.11. The molecule has 2 aromatic rings. The number of aromatic nitrogens is 3. The standard InChI is InChI=1S/C13H12N4O2/c14-7-8-17-13(12(10-18)15-16-17)6-9-19-11-4-2-1-3-5-11/h1-5,10H,6,8-9H2. The molecule has 96 valence electrons. The summed E-state index contributed by atoms with van der Waals surface area (Å²) in [6, 6.07) is 11.4. The smallest absolute Gasteiger partial charge is 0.172 e. The van der Waals surface area contributed by atoms with Crippen molar-refractivity contribution >= 4 is 6.29 Å². The molecule has 0 aliphatic carbocycles. The van der Waals surface area contributed by atoms with Crippen molar-refractivity contribution in [3.05, 3.63) is 41.7 Å². The van der Waals surface area contributed by atoms with Crippen molar-refractivity contribution in [1.29, 1.82) is 5.26 Å². The molecule has 0 amide bonds. The van der Waals surface area contributed by atoms with Crippen LogP contribution in [-0.2, 0) is 13.0 Å². The first-order chi connectivity index (χ1) is 9.35. The van der Waals surface area contributed by atoms with Gasteiger partial charge in [0.15, 0.2) is 6.29 Å². The predicted octanol–water partition coefficient (Wildman–Crippen LogP) is 1.24. The van der Waals surface area contributed by atoms with Gasteiger partial charge in [-0.1, -0.05) is 23.4 Å². The largest absolute Gasteiger partial charge is 0.493 e. The van der Waals surface area contributed by atoms with Crippen LogP contribution in [0.25, 0.3) is 0 Å². The molecule has 0 radical (unpaired) electrons. The Morgan fingerprint density at radius 2 is 2.16 bits per heavy atom. The van der Waals surface area contributed by atoms with E-state index in [-0.39, 0.29) is 12.2 Å². The van der Waals surface area contributed by atoms with E-state index in [1.165, 1.54) is 4.68 Å². The van der Waals surface area contributed by atoms with Crippen LogP contribution in [0.5, 0.6) is 5.75 Å². The Labute approximate surface area is 110 Å². The Morgan fingerprint density at radius 3 is 2.84 bits per heavy atom. The average molecular weight is 256 g/mol. The van der Waals surface area contributed by atoms with Crippen molar-refractivity contribution in [3.8, 4) is 11.8 Å². The van der Waals surface area contributed by atoms with Gasteiger partial charge in [-0.25, -0.2) is 4.68 Å². The van der Waals surface area contributed by atoms with E-state index >= 15 is 0 Å². The second kappa shape index (κ2) is 6.31. The molecule has 0 atom stereocenters. The number of aldehydes is 1. The molecule has 1 heterocycles. The quantitative estimate of drug-likeness (QED) is 0.726. The lowest BCUT2D eigenvalue weighted by molar-refractivity contribution is 0.111. The van der Waals surface area contributed by atoms with Crippen molar-refractivity contribution in [2.75, 3.05) is 6.61 Å². The maximum atomic E-state index is 10.8. The van der Waals surface area contributed by atoms with Gasteiger partial charge in [0.05, 0.1) is 18.4 Å². The summed E-state index contributed by atoms with van der Waals surface area (Å²) in [5.74, 6) is 0.759. The molecule has 6 heteroatoms. The summed E-state index contributed by atoms with van der Waals surface area (Å²) in [6.45, 7) is 0.463. The third-order valence-electron chi connectivity index (χ3n) is 2.55. The Bertz CT molecular complexity index is 586. The van der Waals surface area contributed by atoms with Crippen LogP contribution in [0.4, 0.5) is 0 Å². The van der Waals surface area contributed by atoms with Gasteiger partial charge < -0.3 is 4.74 Å².